The molecule has 2 rings (SSSR count). The quantitative estimate of drug-likeness (QED) is 0.762. The number of aromatic amines is 1. The number of benzene rings is 1. The van der Waals surface area contributed by atoms with E-state index in [1.54, 1.807) is 14.0 Å². The normalized spacial score (nSPS) is 12.2. The summed E-state index contributed by atoms with van der Waals surface area (Å²) in [4.78, 5) is 7.57. The Labute approximate surface area is 119 Å². The lowest BCUT2D eigenvalue weighted by Crippen LogP contribution is -2.30. The molecule has 2 N–H and O–H groups in total. The lowest BCUT2D eigenvalue weighted by atomic mass is 10.3. The maximum Gasteiger partial charge on any atom is 0.213 e. The van der Waals surface area contributed by atoms with Gasteiger partial charge in [-0.1, -0.05) is 12.1 Å². The maximum absolute atomic E-state index is 11.6. The Morgan fingerprint density at radius 3 is 2.80 bits per heavy atom. The largest absolute Gasteiger partial charge is 0.356 e. The Morgan fingerprint density at radius 1 is 1.35 bits per heavy atom. The van der Waals surface area contributed by atoms with Crippen molar-refractivity contribution in [2.24, 2.45) is 0 Å². The van der Waals surface area contributed by atoms with Crippen LogP contribution in [0.3, 0.4) is 0 Å². The van der Waals surface area contributed by atoms with E-state index in [1.165, 1.54) is 4.31 Å². The van der Waals surface area contributed by atoms with Crippen LogP contribution in [-0.4, -0.2) is 48.6 Å². The number of imidazole rings is 1. The van der Waals surface area contributed by atoms with Gasteiger partial charge in [-0.2, -0.15) is 0 Å². The lowest BCUT2D eigenvalue weighted by molar-refractivity contribution is 0.466. The predicted octanol–water partition coefficient (Wildman–Crippen LogP) is 1.65. The minimum absolute atomic E-state index is 0.139. The number of hydrogen-bond acceptors (Lipinski definition) is 4. The highest BCUT2D eigenvalue weighted by molar-refractivity contribution is 7.89. The summed E-state index contributed by atoms with van der Waals surface area (Å²) in [5, 5.41) is 3.17. The second-order valence-corrected chi connectivity index (χ2v) is 6.97. The Hall–Kier alpha value is -1.60. The average molecular weight is 296 g/mol. The zero-order valence-electron chi connectivity index (χ0n) is 11.8. The van der Waals surface area contributed by atoms with Crippen LogP contribution in [0.2, 0.25) is 0 Å². The monoisotopic (exact) mass is 296 g/mol. The van der Waals surface area contributed by atoms with Gasteiger partial charge in [0.1, 0.15) is 0 Å². The van der Waals surface area contributed by atoms with Crippen LogP contribution in [-0.2, 0) is 10.0 Å². The van der Waals surface area contributed by atoms with Crippen LogP contribution in [0.4, 0.5) is 5.95 Å². The molecule has 1 heterocycles. The van der Waals surface area contributed by atoms with Crippen molar-refractivity contribution in [3.63, 3.8) is 0 Å². The molecule has 0 amide bonds. The van der Waals surface area contributed by atoms with Crippen LogP contribution in [0.5, 0.6) is 0 Å². The Bertz CT molecular complexity index is 633. The second-order valence-electron chi connectivity index (χ2n) is 4.60. The van der Waals surface area contributed by atoms with E-state index in [9.17, 15) is 8.42 Å². The molecular formula is C13H20N4O2S. The Morgan fingerprint density at radius 2 is 2.10 bits per heavy atom. The predicted molar refractivity (Wildman–Crippen MR) is 81.3 cm³/mol. The van der Waals surface area contributed by atoms with Crippen LogP contribution in [0.1, 0.15) is 13.3 Å². The van der Waals surface area contributed by atoms with Gasteiger partial charge in [0.15, 0.2) is 0 Å². The summed E-state index contributed by atoms with van der Waals surface area (Å²) in [6.07, 6.45) is 0.729. The fraction of sp³-hybridized carbons (Fsp3) is 0.462. The lowest BCUT2D eigenvalue weighted by Gasteiger charge is -2.15. The summed E-state index contributed by atoms with van der Waals surface area (Å²) in [6.45, 7) is 2.82. The summed E-state index contributed by atoms with van der Waals surface area (Å²) in [7, 11) is -1.47. The summed E-state index contributed by atoms with van der Waals surface area (Å²) in [5.74, 6) is 0.854. The molecule has 6 nitrogen and oxygen atoms in total. The van der Waals surface area contributed by atoms with Gasteiger partial charge in [0, 0.05) is 20.1 Å². The SMILES string of the molecule is CCS(=O)(=O)N(C)CCCNc1nc2ccccc2[nH]1. The molecule has 0 saturated carbocycles. The van der Waals surface area contributed by atoms with E-state index in [1.807, 2.05) is 24.3 Å². The topological polar surface area (TPSA) is 78.1 Å². The van der Waals surface area contributed by atoms with E-state index < -0.39 is 10.0 Å². The highest BCUT2D eigenvalue weighted by Gasteiger charge is 2.13. The third kappa shape index (κ3) is 3.49. The van der Waals surface area contributed by atoms with E-state index >= 15 is 0 Å². The maximum atomic E-state index is 11.6. The summed E-state index contributed by atoms with van der Waals surface area (Å²) >= 11 is 0. The first-order valence-electron chi connectivity index (χ1n) is 6.65. The number of fused-ring (bicyclic) bond motifs is 1. The van der Waals surface area contributed by atoms with Gasteiger partial charge in [-0.15, -0.1) is 0 Å². The molecule has 0 spiro atoms. The number of para-hydroxylation sites is 2. The van der Waals surface area contributed by atoms with E-state index in [-0.39, 0.29) is 5.75 Å². The highest BCUT2D eigenvalue weighted by atomic mass is 32.2. The molecule has 0 aliphatic rings. The molecular weight excluding hydrogens is 276 g/mol. The molecule has 0 aliphatic heterocycles. The minimum atomic E-state index is -3.08. The molecule has 20 heavy (non-hydrogen) atoms. The van der Waals surface area contributed by atoms with Gasteiger partial charge in [0.05, 0.1) is 16.8 Å². The Balaban J connectivity index is 1.81. The molecule has 0 bridgehead atoms. The number of nitrogens with zero attached hydrogens (tertiary/aromatic N) is 2. The first-order valence-corrected chi connectivity index (χ1v) is 8.26. The fourth-order valence-corrected chi connectivity index (χ4v) is 2.75. The van der Waals surface area contributed by atoms with Gasteiger partial charge >= 0.3 is 0 Å². The van der Waals surface area contributed by atoms with Crippen molar-refractivity contribution in [1.29, 1.82) is 0 Å². The minimum Gasteiger partial charge on any atom is -0.356 e. The van der Waals surface area contributed by atoms with E-state index in [2.05, 4.69) is 15.3 Å². The van der Waals surface area contributed by atoms with Gasteiger partial charge in [0.25, 0.3) is 0 Å². The van der Waals surface area contributed by atoms with E-state index in [0.717, 1.165) is 17.5 Å². The molecule has 0 fully saturated rings. The third-order valence-corrected chi connectivity index (χ3v) is 5.03. The molecule has 1 aromatic heterocycles. The summed E-state index contributed by atoms with van der Waals surface area (Å²) in [6, 6.07) is 7.81. The molecule has 1 aromatic carbocycles. The van der Waals surface area contributed by atoms with E-state index in [0.29, 0.717) is 19.0 Å². The van der Waals surface area contributed by atoms with Crippen molar-refractivity contribution in [3.8, 4) is 0 Å². The first-order chi connectivity index (χ1) is 9.53. The van der Waals surface area contributed by atoms with Crippen LogP contribution in [0.15, 0.2) is 24.3 Å². The van der Waals surface area contributed by atoms with Crippen molar-refractivity contribution in [1.82, 2.24) is 14.3 Å². The molecule has 0 saturated heterocycles. The second kappa shape index (κ2) is 6.23. The molecule has 0 unspecified atom stereocenters. The number of anilines is 1. The molecule has 7 heteroatoms. The van der Waals surface area contributed by atoms with Gasteiger partial charge in [0.2, 0.25) is 16.0 Å². The molecule has 0 radical (unpaired) electrons. The van der Waals surface area contributed by atoms with Crippen molar-refractivity contribution >= 4 is 27.0 Å². The van der Waals surface area contributed by atoms with Crippen molar-refractivity contribution < 1.29 is 8.42 Å². The van der Waals surface area contributed by atoms with Gasteiger partial charge in [-0.05, 0) is 25.5 Å². The number of aromatic nitrogens is 2. The van der Waals surface area contributed by atoms with Crippen molar-refractivity contribution in [3.05, 3.63) is 24.3 Å². The zero-order chi connectivity index (χ0) is 14.6. The molecule has 110 valence electrons. The highest BCUT2D eigenvalue weighted by Crippen LogP contribution is 2.13. The van der Waals surface area contributed by atoms with Crippen LogP contribution in [0.25, 0.3) is 11.0 Å². The van der Waals surface area contributed by atoms with Gasteiger partial charge in [-0.3, -0.25) is 0 Å². The number of rotatable bonds is 7. The number of hydrogen-bond donors (Lipinski definition) is 2. The van der Waals surface area contributed by atoms with E-state index in [4.69, 9.17) is 0 Å². The van der Waals surface area contributed by atoms with Crippen LogP contribution >= 0.6 is 0 Å². The first kappa shape index (κ1) is 14.8. The van der Waals surface area contributed by atoms with Crippen molar-refractivity contribution in [2.75, 3.05) is 31.2 Å². The molecule has 0 aliphatic carbocycles. The summed E-state index contributed by atoms with van der Waals surface area (Å²) in [5.41, 5.74) is 1.90. The summed E-state index contributed by atoms with van der Waals surface area (Å²) < 4.78 is 24.5. The third-order valence-electron chi connectivity index (χ3n) is 3.17. The number of sulfonamides is 1. The zero-order valence-corrected chi connectivity index (χ0v) is 12.6. The number of H-pyrrole nitrogens is 1. The van der Waals surface area contributed by atoms with Crippen molar-refractivity contribution in [2.45, 2.75) is 13.3 Å². The van der Waals surface area contributed by atoms with Crippen LogP contribution < -0.4 is 5.32 Å². The van der Waals surface area contributed by atoms with Gasteiger partial charge < -0.3 is 10.3 Å². The smallest absolute Gasteiger partial charge is 0.213 e. The van der Waals surface area contributed by atoms with Gasteiger partial charge in [-0.25, -0.2) is 17.7 Å². The standard InChI is InChI=1S/C13H20N4O2S/c1-3-20(18,19)17(2)10-6-9-14-13-15-11-7-4-5-8-12(11)16-13/h4-5,7-8H,3,6,9-10H2,1-2H3,(H2,14,15,16). The Kier molecular flexibility index (Phi) is 4.61. The number of nitrogens with one attached hydrogen (secondary N) is 2. The van der Waals surface area contributed by atoms with Crippen LogP contribution in [0, 0.1) is 0 Å². The average Bonchev–Trinajstić information content (AvgIpc) is 2.85. The fourth-order valence-electron chi connectivity index (χ4n) is 1.90. The molecule has 2 aromatic rings. The molecule has 0 atom stereocenters.